The molecule has 0 saturated heterocycles. The van der Waals surface area contributed by atoms with Crippen LogP contribution in [0.4, 0.5) is 24.5 Å². The molecule has 0 spiro atoms. The van der Waals surface area contributed by atoms with Crippen LogP contribution in [0.1, 0.15) is 5.56 Å². The maximum atomic E-state index is 12.9. The molecule has 1 atom stereocenters. The Hall–Kier alpha value is -2.50. The average Bonchev–Trinajstić information content (AvgIpc) is 2.60. The van der Waals surface area contributed by atoms with E-state index in [1.165, 1.54) is 25.3 Å². The van der Waals surface area contributed by atoms with Gasteiger partial charge in [-0.25, -0.2) is 8.42 Å². The third kappa shape index (κ3) is 4.01. The second-order valence-electron chi connectivity index (χ2n) is 5.75. The first kappa shape index (κ1) is 20.2. The molecule has 0 aromatic heterocycles. The Morgan fingerprint density at radius 3 is 2.54 bits per heavy atom. The Morgan fingerprint density at radius 1 is 1.21 bits per heavy atom. The standard InChI is InChI=1S/C16H13ClF3N3O4S/c1-27-12-4-3-9(7-10(12)17)21-15(24)14-22-11-6-8(16(18,19)20)2-5-13(11)28(25,26)23-14/h2-7,14,22-23H,1H3,(H,21,24)/t14-/m1/s1. The van der Waals surface area contributed by atoms with Crippen LogP contribution in [0.2, 0.25) is 5.02 Å². The van der Waals surface area contributed by atoms with Crippen molar-refractivity contribution in [2.45, 2.75) is 17.2 Å². The number of benzene rings is 2. The van der Waals surface area contributed by atoms with Gasteiger partial charge in [0, 0.05) is 5.69 Å². The molecule has 150 valence electrons. The number of fused-ring (bicyclic) bond motifs is 1. The van der Waals surface area contributed by atoms with E-state index in [1.807, 2.05) is 0 Å². The van der Waals surface area contributed by atoms with E-state index in [0.717, 1.165) is 6.07 Å². The molecule has 1 amide bonds. The molecule has 2 aromatic rings. The highest BCUT2D eigenvalue weighted by atomic mass is 35.5. The van der Waals surface area contributed by atoms with Gasteiger partial charge < -0.3 is 15.4 Å². The number of alkyl halides is 3. The number of halogens is 4. The number of methoxy groups -OCH3 is 1. The molecule has 3 N–H and O–H groups in total. The minimum Gasteiger partial charge on any atom is -0.495 e. The summed E-state index contributed by atoms with van der Waals surface area (Å²) in [6.07, 6.45) is -6.19. The summed E-state index contributed by atoms with van der Waals surface area (Å²) in [6, 6.07) is 6.45. The van der Waals surface area contributed by atoms with E-state index in [9.17, 15) is 26.4 Å². The molecule has 28 heavy (non-hydrogen) atoms. The lowest BCUT2D eigenvalue weighted by molar-refractivity contribution is -0.137. The highest BCUT2D eigenvalue weighted by molar-refractivity contribution is 7.89. The SMILES string of the molecule is COc1ccc(NC(=O)[C@@H]2Nc3cc(C(F)(F)F)ccc3S(=O)(=O)N2)cc1Cl. The van der Waals surface area contributed by atoms with Crippen LogP contribution >= 0.6 is 11.6 Å². The van der Waals surface area contributed by atoms with Crippen molar-refractivity contribution >= 4 is 38.9 Å². The number of amides is 1. The minimum atomic E-state index is -4.66. The molecule has 0 radical (unpaired) electrons. The van der Waals surface area contributed by atoms with Gasteiger partial charge in [0.25, 0.3) is 5.91 Å². The van der Waals surface area contributed by atoms with Gasteiger partial charge in [-0.15, -0.1) is 0 Å². The number of carbonyl (C=O) groups is 1. The van der Waals surface area contributed by atoms with Gasteiger partial charge in [0.05, 0.1) is 23.4 Å². The molecule has 1 aliphatic heterocycles. The summed E-state index contributed by atoms with van der Waals surface area (Å²) in [5.41, 5.74) is -1.13. The second kappa shape index (κ2) is 7.15. The second-order valence-corrected chi connectivity index (χ2v) is 7.84. The fourth-order valence-electron chi connectivity index (χ4n) is 2.53. The van der Waals surface area contributed by atoms with Crippen LogP contribution in [0.25, 0.3) is 0 Å². The molecule has 1 heterocycles. The average molecular weight is 436 g/mol. The monoisotopic (exact) mass is 435 g/mol. The Labute approximate surface area is 162 Å². The van der Waals surface area contributed by atoms with Gasteiger partial charge in [0.15, 0.2) is 6.17 Å². The van der Waals surface area contributed by atoms with Crippen LogP contribution in [0, 0.1) is 0 Å². The number of hydrogen-bond acceptors (Lipinski definition) is 5. The number of ether oxygens (including phenoxy) is 1. The summed E-state index contributed by atoms with van der Waals surface area (Å²) >= 11 is 5.96. The van der Waals surface area contributed by atoms with E-state index >= 15 is 0 Å². The van der Waals surface area contributed by atoms with Crippen LogP contribution in [-0.2, 0) is 21.0 Å². The van der Waals surface area contributed by atoms with Crippen molar-refractivity contribution in [2.24, 2.45) is 0 Å². The Bertz CT molecular complexity index is 1040. The molecule has 0 unspecified atom stereocenters. The van der Waals surface area contributed by atoms with Crippen molar-refractivity contribution in [3.05, 3.63) is 47.0 Å². The lowest BCUT2D eigenvalue weighted by atomic mass is 10.2. The smallest absolute Gasteiger partial charge is 0.416 e. The quantitative estimate of drug-likeness (QED) is 0.688. The summed E-state index contributed by atoms with van der Waals surface area (Å²) in [7, 11) is -2.79. The predicted molar refractivity (Wildman–Crippen MR) is 95.8 cm³/mol. The van der Waals surface area contributed by atoms with Gasteiger partial charge in [-0.05, 0) is 36.4 Å². The van der Waals surface area contributed by atoms with E-state index in [0.29, 0.717) is 17.9 Å². The molecule has 0 fully saturated rings. The van der Waals surface area contributed by atoms with Crippen molar-refractivity contribution in [3.63, 3.8) is 0 Å². The molecule has 1 aliphatic rings. The van der Waals surface area contributed by atoms with Gasteiger partial charge >= 0.3 is 6.18 Å². The van der Waals surface area contributed by atoms with E-state index in [-0.39, 0.29) is 16.4 Å². The van der Waals surface area contributed by atoms with Crippen LogP contribution in [-0.4, -0.2) is 27.6 Å². The minimum absolute atomic E-state index is 0.206. The molecule has 0 bridgehead atoms. The number of carbonyl (C=O) groups excluding carboxylic acids is 1. The molecule has 7 nitrogen and oxygen atoms in total. The summed E-state index contributed by atoms with van der Waals surface area (Å²) in [4.78, 5) is 12.0. The number of sulfonamides is 1. The van der Waals surface area contributed by atoms with Crippen molar-refractivity contribution in [2.75, 3.05) is 17.7 Å². The van der Waals surface area contributed by atoms with Gasteiger partial charge in [-0.1, -0.05) is 11.6 Å². The molecule has 0 saturated carbocycles. The van der Waals surface area contributed by atoms with Gasteiger partial charge in [-0.2, -0.15) is 17.9 Å². The fraction of sp³-hybridized carbons (Fsp3) is 0.188. The Balaban J connectivity index is 1.86. The number of nitrogens with one attached hydrogen (secondary N) is 3. The van der Waals surface area contributed by atoms with Crippen LogP contribution in [0.5, 0.6) is 5.75 Å². The lowest BCUT2D eigenvalue weighted by Crippen LogP contribution is -2.51. The normalized spacial score (nSPS) is 18.0. The van der Waals surface area contributed by atoms with Crippen molar-refractivity contribution < 1.29 is 31.1 Å². The van der Waals surface area contributed by atoms with E-state index in [1.54, 1.807) is 0 Å². The highest BCUT2D eigenvalue weighted by Gasteiger charge is 2.37. The van der Waals surface area contributed by atoms with Crippen LogP contribution < -0.4 is 20.1 Å². The third-order valence-corrected chi connectivity index (χ3v) is 5.63. The van der Waals surface area contributed by atoms with Crippen LogP contribution in [0.3, 0.4) is 0 Å². The largest absolute Gasteiger partial charge is 0.495 e. The number of hydrogen-bond donors (Lipinski definition) is 3. The summed E-state index contributed by atoms with van der Waals surface area (Å²) < 4.78 is 70.3. The third-order valence-electron chi connectivity index (χ3n) is 3.85. The zero-order valence-electron chi connectivity index (χ0n) is 14.1. The molecule has 3 rings (SSSR count). The highest BCUT2D eigenvalue weighted by Crippen LogP contribution is 2.35. The van der Waals surface area contributed by atoms with Crippen molar-refractivity contribution in [1.82, 2.24) is 4.72 Å². The van der Waals surface area contributed by atoms with Gasteiger partial charge in [0.1, 0.15) is 10.6 Å². The molecule has 2 aromatic carbocycles. The van der Waals surface area contributed by atoms with E-state index in [2.05, 4.69) is 15.4 Å². The van der Waals surface area contributed by atoms with Gasteiger partial charge in [0.2, 0.25) is 10.0 Å². The van der Waals surface area contributed by atoms with Crippen molar-refractivity contribution in [3.8, 4) is 5.75 Å². The Kier molecular flexibility index (Phi) is 5.17. The van der Waals surface area contributed by atoms with Crippen LogP contribution in [0.15, 0.2) is 41.3 Å². The van der Waals surface area contributed by atoms with Crippen molar-refractivity contribution in [1.29, 1.82) is 0 Å². The van der Waals surface area contributed by atoms with Gasteiger partial charge in [-0.3, -0.25) is 4.79 Å². The zero-order chi connectivity index (χ0) is 20.7. The molecular weight excluding hydrogens is 423 g/mol. The summed E-state index contributed by atoms with van der Waals surface area (Å²) in [5, 5.41) is 5.10. The molecule has 12 heteroatoms. The first-order chi connectivity index (χ1) is 13.0. The predicted octanol–water partition coefficient (Wildman–Crippen LogP) is 3.04. The Morgan fingerprint density at radius 2 is 1.93 bits per heavy atom. The fourth-order valence-corrected chi connectivity index (χ4v) is 4.05. The summed E-state index contributed by atoms with van der Waals surface area (Å²) in [6.45, 7) is 0. The first-order valence-corrected chi connectivity index (χ1v) is 9.52. The van der Waals surface area contributed by atoms with E-state index in [4.69, 9.17) is 16.3 Å². The maximum Gasteiger partial charge on any atom is 0.416 e. The molecule has 0 aliphatic carbocycles. The van der Waals surface area contributed by atoms with E-state index < -0.39 is 38.7 Å². The number of rotatable bonds is 3. The summed E-state index contributed by atoms with van der Waals surface area (Å²) in [5.74, 6) is -0.474. The number of anilines is 2. The maximum absolute atomic E-state index is 12.9. The topological polar surface area (TPSA) is 96.5 Å². The zero-order valence-corrected chi connectivity index (χ0v) is 15.7. The first-order valence-electron chi connectivity index (χ1n) is 7.66. The lowest BCUT2D eigenvalue weighted by Gasteiger charge is -2.27. The molecular formula is C16H13ClF3N3O4S.